The molecule has 2 aliphatic rings. The molecule has 2 saturated heterocycles. The molecule has 0 saturated carbocycles. The summed E-state index contributed by atoms with van der Waals surface area (Å²) < 4.78 is 0. The second kappa shape index (κ2) is 6.70. The van der Waals surface area contributed by atoms with Crippen molar-refractivity contribution in [2.75, 3.05) is 33.2 Å². The molecule has 0 aliphatic carbocycles. The summed E-state index contributed by atoms with van der Waals surface area (Å²) >= 11 is 0. The number of amides is 2. The molecule has 5 heteroatoms. The summed E-state index contributed by atoms with van der Waals surface area (Å²) in [4.78, 5) is 12.6. The third-order valence-electron chi connectivity index (χ3n) is 3.03. The fraction of sp³-hybridized carbons (Fsp3) is 0.909. The van der Waals surface area contributed by atoms with Crippen molar-refractivity contribution in [3.63, 3.8) is 0 Å². The van der Waals surface area contributed by atoms with Crippen molar-refractivity contribution in [2.45, 2.75) is 25.8 Å². The fourth-order valence-electron chi connectivity index (χ4n) is 2.13. The number of likely N-dealkylation sites (tertiary alicyclic amines) is 1. The Morgan fingerprint density at radius 1 is 1.50 bits per heavy atom. The summed E-state index contributed by atoms with van der Waals surface area (Å²) in [5, 5.41) is 5.73. The van der Waals surface area contributed by atoms with Gasteiger partial charge in [-0.3, -0.25) is 0 Å². The van der Waals surface area contributed by atoms with Crippen LogP contribution in [0.3, 0.4) is 0 Å². The van der Waals surface area contributed by atoms with Crippen LogP contribution in [0.25, 0.3) is 0 Å². The van der Waals surface area contributed by atoms with E-state index < -0.39 is 6.03 Å². The zero-order valence-electron chi connectivity index (χ0n) is 10.3. The maximum atomic E-state index is 10.2. The maximum Gasteiger partial charge on any atom is 0.312 e. The molecule has 2 unspecified atom stereocenters. The standard InChI is InChI=1S/C6H13N.C5H11N3O/c1-6-3-4-7(2)5-6;6-5(9)8-4-1-2-7-3-4/h6H,3-5H2,1-2H3;4,7H,1-3H2,(H3,6,8,9). The number of carbonyl (C=O) groups excluding carboxylic acids is 1. The molecular formula is C11H24N4O. The van der Waals surface area contributed by atoms with Crippen LogP contribution < -0.4 is 16.4 Å². The Morgan fingerprint density at radius 2 is 2.25 bits per heavy atom. The Kier molecular flexibility index (Phi) is 5.55. The SMILES string of the molecule is CC1CCN(C)C1.NC(=O)NC1CCNC1. The topological polar surface area (TPSA) is 70.4 Å². The third kappa shape index (κ3) is 5.32. The van der Waals surface area contributed by atoms with E-state index in [4.69, 9.17) is 5.73 Å². The van der Waals surface area contributed by atoms with Crippen LogP contribution in [0.4, 0.5) is 4.79 Å². The highest BCUT2D eigenvalue weighted by Crippen LogP contribution is 2.11. The molecule has 5 nitrogen and oxygen atoms in total. The maximum absolute atomic E-state index is 10.2. The Bertz CT molecular complexity index is 208. The highest BCUT2D eigenvalue weighted by atomic mass is 16.2. The van der Waals surface area contributed by atoms with Gasteiger partial charge in [-0.05, 0) is 38.9 Å². The smallest absolute Gasteiger partial charge is 0.312 e. The first kappa shape index (κ1) is 13.3. The summed E-state index contributed by atoms with van der Waals surface area (Å²) in [5.74, 6) is 0.949. The minimum atomic E-state index is -0.427. The van der Waals surface area contributed by atoms with E-state index in [1.54, 1.807) is 0 Å². The van der Waals surface area contributed by atoms with Crippen LogP contribution >= 0.6 is 0 Å². The van der Waals surface area contributed by atoms with Crippen molar-refractivity contribution in [1.29, 1.82) is 0 Å². The molecule has 2 aliphatic heterocycles. The largest absolute Gasteiger partial charge is 0.352 e. The van der Waals surface area contributed by atoms with Crippen LogP contribution in [-0.2, 0) is 0 Å². The van der Waals surface area contributed by atoms with E-state index in [-0.39, 0.29) is 6.04 Å². The molecule has 2 rings (SSSR count). The first-order valence-electron chi connectivity index (χ1n) is 6.03. The van der Waals surface area contributed by atoms with Gasteiger partial charge in [0.1, 0.15) is 0 Å². The zero-order chi connectivity index (χ0) is 12.0. The second-order valence-electron chi connectivity index (χ2n) is 4.85. The minimum absolute atomic E-state index is 0.252. The minimum Gasteiger partial charge on any atom is -0.352 e. The quantitative estimate of drug-likeness (QED) is 0.590. The van der Waals surface area contributed by atoms with Crippen LogP contribution in [0.1, 0.15) is 19.8 Å². The van der Waals surface area contributed by atoms with Crippen molar-refractivity contribution in [1.82, 2.24) is 15.5 Å². The van der Waals surface area contributed by atoms with E-state index in [2.05, 4.69) is 29.5 Å². The molecule has 94 valence electrons. The first-order chi connectivity index (χ1) is 7.58. The predicted molar refractivity (Wildman–Crippen MR) is 65.3 cm³/mol. The summed E-state index contributed by atoms with van der Waals surface area (Å²) in [5.41, 5.74) is 4.89. The Labute approximate surface area is 97.7 Å². The van der Waals surface area contributed by atoms with Gasteiger partial charge >= 0.3 is 6.03 Å². The predicted octanol–water partition coefficient (Wildman–Crippen LogP) is -0.0254. The van der Waals surface area contributed by atoms with Crippen molar-refractivity contribution in [3.05, 3.63) is 0 Å². The number of hydrogen-bond donors (Lipinski definition) is 3. The van der Waals surface area contributed by atoms with Crippen molar-refractivity contribution in [2.24, 2.45) is 11.7 Å². The Morgan fingerprint density at radius 3 is 2.56 bits per heavy atom. The molecule has 2 fully saturated rings. The fourth-order valence-corrected chi connectivity index (χ4v) is 2.13. The lowest BCUT2D eigenvalue weighted by Crippen LogP contribution is -2.39. The number of urea groups is 1. The number of nitrogens with zero attached hydrogens (tertiary/aromatic N) is 1. The highest BCUT2D eigenvalue weighted by molar-refractivity contribution is 5.72. The molecule has 0 aromatic carbocycles. The van der Waals surface area contributed by atoms with Crippen molar-refractivity contribution >= 4 is 6.03 Å². The molecule has 0 bridgehead atoms. The van der Waals surface area contributed by atoms with E-state index >= 15 is 0 Å². The molecule has 4 N–H and O–H groups in total. The van der Waals surface area contributed by atoms with Crippen LogP contribution in [0.15, 0.2) is 0 Å². The number of hydrogen-bond acceptors (Lipinski definition) is 3. The molecular weight excluding hydrogens is 204 g/mol. The van der Waals surface area contributed by atoms with Gasteiger partial charge in [-0.2, -0.15) is 0 Å². The number of carbonyl (C=O) groups is 1. The molecule has 0 aromatic rings. The Hall–Kier alpha value is -0.810. The van der Waals surface area contributed by atoms with Gasteiger partial charge in [-0.25, -0.2) is 4.79 Å². The molecule has 0 radical (unpaired) electrons. The van der Waals surface area contributed by atoms with Crippen molar-refractivity contribution < 1.29 is 4.79 Å². The van der Waals surface area contributed by atoms with Crippen LogP contribution in [0.5, 0.6) is 0 Å². The molecule has 2 atom stereocenters. The third-order valence-corrected chi connectivity index (χ3v) is 3.03. The van der Waals surface area contributed by atoms with Gasteiger partial charge < -0.3 is 21.3 Å². The van der Waals surface area contributed by atoms with Crippen molar-refractivity contribution in [3.8, 4) is 0 Å². The van der Waals surface area contributed by atoms with Gasteiger partial charge in [0.05, 0.1) is 0 Å². The van der Waals surface area contributed by atoms with Crippen LogP contribution in [0.2, 0.25) is 0 Å². The number of rotatable bonds is 1. The summed E-state index contributed by atoms with van der Waals surface area (Å²) in [6.45, 7) is 6.75. The summed E-state index contributed by atoms with van der Waals surface area (Å²) in [6, 6.07) is -0.175. The van der Waals surface area contributed by atoms with E-state index in [0.29, 0.717) is 0 Å². The molecule has 0 spiro atoms. The Balaban J connectivity index is 0.000000165. The molecule has 2 amide bonds. The van der Waals surface area contributed by atoms with Crippen LogP contribution in [0, 0.1) is 5.92 Å². The van der Waals surface area contributed by atoms with Gasteiger partial charge in [-0.1, -0.05) is 6.92 Å². The van der Waals surface area contributed by atoms with Gasteiger partial charge in [-0.15, -0.1) is 0 Å². The number of nitrogens with two attached hydrogens (primary N) is 1. The highest BCUT2D eigenvalue weighted by Gasteiger charge is 2.14. The van der Waals surface area contributed by atoms with E-state index in [1.807, 2.05) is 0 Å². The normalized spacial score (nSPS) is 29.6. The monoisotopic (exact) mass is 228 g/mol. The lowest BCUT2D eigenvalue weighted by molar-refractivity contribution is 0.246. The van der Waals surface area contributed by atoms with Gasteiger partial charge in [0.25, 0.3) is 0 Å². The lowest BCUT2D eigenvalue weighted by Gasteiger charge is -2.06. The number of nitrogens with one attached hydrogen (secondary N) is 2. The van der Waals surface area contributed by atoms with Gasteiger partial charge in [0.2, 0.25) is 0 Å². The van der Waals surface area contributed by atoms with Gasteiger partial charge in [0, 0.05) is 19.1 Å². The van der Waals surface area contributed by atoms with Gasteiger partial charge in [0.15, 0.2) is 0 Å². The second-order valence-corrected chi connectivity index (χ2v) is 4.85. The average Bonchev–Trinajstić information content (AvgIpc) is 2.78. The zero-order valence-corrected chi connectivity index (χ0v) is 10.3. The lowest BCUT2D eigenvalue weighted by atomic mass is 10.2. The number of primary amides is 1. The average molecular weight is 228 g/mol. The molecule has 16 heavy (non-hydrogen) atoms. The van der Waals surface area contributed by atoms with E-state index in [0.717, 1.165) is 25.4 Å². The first-order valence-corrected chi connectivity index (χ1v) is 6.03. The molecule has 0 aromatic heterocycles. The van der Waals surface area contributed by atoms with E-state index in [1.165, 1.54) is 19.5 Å². The van der Waals surface area contributed by atoms with E-state index in [9.17, 15) is 4.79 Å². The summed E-state index contributed by atoms with van der Waals surface area (Å²) in [7, 11) is 2.18. The summed E-state index contributed by atoms with van der Waals surface area (Å²) in [6.07, 6.45) is 2.39. The van der Waals surface area contributed by atoms with Crippen LogP contribution in [-0.4, -0.2) is 50.2 Å². The molecule has 2 heterocycles.